The number of hydrogen-bond acceptors (Lipinski definition) is 4. The van der Waals surface area contributed by atoms with E-state index in [4.69, 9.17) is 5.73 Å². The second-order valence-corrected chi connectivity index (χ2v) is 5.78. The number of aliphatic hydroxyl groups is 1. The molecular weight excluding hydrogens is 257 g/mol. The number of β-amino-alcohol motifs (C(OH)–C–C–N with tert-alkyl or cyclic N) is 1. The topological polar surface area (TPSA) is 52.7 Å². The monoisotopic (exact) mass is 281 g/mol. The van der Waals surface area contributed by atoms with Gasteiger partial charge in [-0.05, 0) is 26.6 Å². The molecule has 1 heterocycles. The lowest BCUT2D eigenvalue weighted by atomic mass is 10.0. The summed E-state index contributed by atoms with van der Waals surface area (Å²) in [6, 6.07) is 6.78. The van der Waals surface area contributed by atoms with Gasteiger partial charge in [-0.25, -0.2) is 4.39 Å². The van der Waals surface area contributed by atoms with Gasteiger partial charge in [0.05, 0.1) is 12.1 Å². The summed E-state index contributed by atoms with van der Waals surface area (Å²) in [6.07, 6.45) is 0.351. The molecule has 112 valence electrons. The smallest absolute Gasteiger partial charge is 0.128 e. The summed E-state index contributed by atoms with van der Waals surface area (Å²) < 4.78 is 14.0. The van der Waals surface area contributed by atoms with Gasteiger partial charge in [0.1, 0.15) is 5.82 Å². The van der Waals surface area contributed by atoms with Crippen LogP contribution < -0.4 is 5.73 Å². The standard InChI is InChI=1S/C15H24FN3O/c1-18(2)9-11-7-12(20)10-19(11)15(8-17)13-5-3-4-6-14(13)16/h3-6,11-12,15,20H,7-10,17H2,1-2H3. The summed E-state index contributed by atoms with van der Waals surface area (Å²) in [7, 11) is 4.01. The van der Waals surface area contributed by atoms with Crippen molar-refractivity contribution in [1.29, 1.82) is 0 Å². The van der Waals surface area contributed by atoms with Crippen LogP contribution in [-0.4, -0.2) is 60.8 Å². The van der Waals surface area contributed by atoms with Crippen molar-refractivity contribution >= 4 is 0 Å². The molecule has 1 saturated heterocycles. The number of hydrogen-bond donors (Lipinski definition) is 2. The number of halogens is 1. The predicted molar refractivity (Wildman–Crippen MR) is 77.9 cm³/mol. The number of aliphatic hydroxyl groups excluding tert-OH is 1. The molecule has 1 aliphatic heterocycles. The van der Waals surface area contributed by atoms with Crippen molar-refractivity contribution in [1.82, 2.24) is 9.80 Å². The lowest BCUT2D eigenvalue weighted by molar-refractivity contribution is 0.137. The minimum atomic E-state index is -0.360. The highest BCUT2D eigenvalue weighted by molar-refractivity contribution is 5.22. The maximum absolute atomic E-state index is 14.0. The Bertz CT molecular complexity index is 441. The lowest BCUT2D eigenvalue weighted by Crippen LogP contribution is -2.42. The number of benzene rings is 1. The fourth-order valence-corrected chi connectivity index (χ4v) is 3.09. The van der Waals surface area contributed by atoms with Crippen molar-refractivity contribution in [3.63, 3.8) is 0 Å². The third kappa shape index (κ3) is 3.35. The normalized spacial score (nSPS) is 25.3. The first kappa shape index (κ1) is 15.4. The molecule has 5 heteroatoms. The molecule has 1 fully saturated rings. The van der Waals surface area contributed by atoms with Crippen LogP contribution >= 0.6 is 0 Å². The summed E-state index contributed by atoms with van der Waals surface area (Å²) >= 11 is 0. The highest BCUT2D eigenvalue weighted by atomic mass is 19.1. The highest BCUT2D eigenvalue weighted by Crippen LogP contribution is 2.30. The van der Waals surface area contributed by atoms with Gasteiger partial charge in [-0.3, -0.25) is 4.90 Å². The molecule has 1 aliphatic rings. The van der Waals surface area contributed by atoms with Crippen LogP contribution in [0.2, 0.25) is 0 Å². The van der Waals surface area contributed by atoms with E-state index in [-0.39, 0.29) is 24.0 Å². The van der Waals surface area contributed by atoms with Crippen LogP contribution in [0.1, 0.15) is 18.0 Å². The molecular formula is C15H24FN3O. The number of nitrogens with two attached hydrogens (primary N) is 1. The van der Waals surface area contributed by atoms with Crippen molar-refractivity contribution in [3.05, 3.63) is 35.6 Å². The van der Waals surface area contributed by atoms with Crippen LogP contribution in [0.15, 0.2) is 24.3 Å². The first-order chi connectivity index (χ1) is 9.52. The summed E-state index contributed by atoms with van der Waals surface area (Å²) in [6.45, 7) is 1.73. The van der Waals surface area contributed by atoms with Crippen LogP contribution in [0, 0.1) is 5.82 Å². The molecule has 0 saturated carbocycles. The maximum atomic E-state index is 14.0. The second kappa shape index (κ2) is 6.63. The van der Waals surface area contributed by atoms with Crippen molar-refractivity contribution < 1.29 is 9.50 Å². The molecule has 3 unspecified atom stereocenters. The summed E-state index contributed by atoms with van der Waals surface area (Å²) in [5.74, 6) is -0.229. The van der Waals surface area contributed by atoms with Crippen LogP contribution in [0.4, 0.5) is 4.39 Å². The predicted octanol–water partition coefficient (Wildman–Crippen LogP) is 0.822. The first-order valence-electron chi connectivity index (χ1n) is 7.06. The Morgan fingerprint density at radius 3 is 2.75 bits per heavy atom. The van der Waals surface area contributed by atoms with Crippen LogP contribution in [0.25, 0.3) is 0 Å². The van der Waals surface area contributed by atoms with E-state index in [0.29, 0.717) is 25.1 Å². The molecule has 1 aromatic carbocycles. The van der Waals surface area contributed by atoms with Gasteiger partial charge in [0.25, 0.3) is 0 Å². The minimum absolute atomic E-state index is 0.182. The molecule has 0 aromatic heterocycles. The van der Waals surface area contributed by atoms with Gasteiger partial charge in [0, 0.05) is 31.2 Å². The number of likely N-dealkylation sites (tertiary alicyclic amines) is 1. The van der Waals surface area contributed by atoms with E-state index in [2.05, 4.69) is 9.80 Å². The summed E-state index contributed by atoms with van der Waals surface area (Å²) in [4.78, 5) is 4.23. The Kier molecular flexibility index (Phi) is 5.10. The third-order valence-electron chi connectivity index (χ3n) is 3.90. The molecule has 2 rings (SSSR count). The van der Waals surface area contributed by atoms with E-state index in [1.165, 1.54) is 6.07 Å². The van der Waals surface area contributed by atoms with Crippen LogP contribution in [-0.2, 0) is 0 Å². The Morgan fingerprint density at radius 2 is 2.15 bits per heavy atom. The van der Waals surface area contributed by atoms with E-state index in [0.717, 1.165) is 6.54 Å². The number of nitrogens with zero attached hydrogens (tertiary/aromatic N) is 2. The van der Waals surface area contributed by atoms with Gasteiger partial charge >= 0.3 is 0 Å². The molecule has 0 spiro atoms. The molecule has 1 aromatic rings. The average Bonchev–Trinajstić information content (AvgIpc) is 2.73. The SMILES string of the molecule is CN(C)CC1CC(O)CN1C(CN)c1ccccc1F. The van der Waals surface area contributed by atoms with Gasteiger partial charge < -0.3 is 15.7 Å². The third-order valence-corrected chi connectivity index (χ3v) is 3.90. The fraction of sp³-hybridized carbons (Fsp3) is 0.600. The summed E-state index contributed by atoms with van der Waals surface area (Å²) in [5, 5.41) is 9.95. The molecule has 0 bridgehead atoms. The van der Waals surface area contributed by atoms with Gasteiger partial charge in [-0.15, -0.1) is 0 Å². The Morgan fingerprint density at radius 1 is 1.45 bits per heavy atom. The van der Waals surface area contributed by atoms with Crippen LogP contribution in [0.5, 0.6) is 0 Å². The number of rotatable bonds is 5. The fourth-order valence-electron chi connectivity index (χ4n) is 3.09. The quantitative estimate of drug-likeness (QED) is 0.839. The largest absolute Gasteiger partial charge is 0.392 e. The van der Waals surface area contributed by atoms with Crippen molar-refractivity contribution in [2.45, 2.75) is 24.6 Å². The zero-order chi connectivity index (χ0) is 14.7. The number of likely N-dealkylation sites (N-methyl/N-ethyl adjacent to an activating group) is 1. The molecule has 0 radical (unpaired) electrons. The van der Waals surface area contributed by atoms with E-state index in [9.17, 15) is 9.50 Å². The lowest BCUT2D eigenvalue weighted by Gasteiger charge is -2.34. The molecule has 20 heavy (non-hydrogen) atoms. The minimum Gasteiger partial charge on any atom is -0.392 e. The van der Waals surface area contributed by atoms with Crippen molar-refractivity contribution in [2.24, 2.45) is 5.73 Å². The first-order valence-corrected chi connectivity index (χ1v) is 7.06. The summed E-state index contributed by atoms with van der Waals surface area (Å²) in [5.41, 5.74) is 6.51. The van der Waals surface area contributed by atoms with E-state index >= 15 is 0 Å². The molecule has 4 nitrogen and oxygen atoms in total. The molecule has 3 N–H and O–H groups in total. The maximum Gasteiger partial charge on any atom is 0.128 e. The van der Waals surface area contributed by atoms with Crippen LogP contribution in [0.3, 0.4) is 0 Å². The zero-order valence-electron chi connectivity index (χ0n) is 12.2. The van der Waals surface area contributed by atoms with E-state index in [1.54, 1.807) is 12.1 Å². The zero-order valence-corrected chi connectivity index (χ0v) is 12.2. The molecule has 3 atom stereocenters. The van der Waals surface area contributed by atoms with Gasteiger partial charge in [0.15, 0.2) is 0 Å². The Labute approximate surface area is 120 Å². The van der Waals surface area contributed by atoms with Gasteiger partial charge in [-0.1, -0.05) is 18.2 Å². The Hall–Kier alpha value is -1.01. The molecule has 0 amide bonds. The second-order valence-electron chi connectivity index (χ2n) is 5.78. The highest BCUT2D eigenvalue weighted by Gasteiger charge is 2.36. The van der Waals surface area contributed by atoms with Gasteiger partial charge in [0.2, 0.25) is 0 Å². The Balaban J connectivity index is 2.23. The average molecular weight is 281 g/mol. The van der Waals surface area contributed by atoms with E-state index in [1.807, 2.05) is 20.2 Å². The van der Waals surface area contributed by atoms with Gasteiger partial charge in [-0.2, -0.15) is 0 Å². The van der Waals surface area contributed by atoms with Crippen molar-refractivity contribution in [2.75, 3.05) is 33.7 Å². The van der Waals surface area contributed by atoms with E-state index < -0.39 is 0 Å². The molecule has 0 aliphatic carbocycles. The van der Waals surface area contributed by atoms with Crippen molar-refractivity contribution in [3.8, 4) is 0 Å².